The largest absolute Gasteiger partial charge is 0.465 e. The Morgan fingerprint density at radius 1 is 1.04 bits per heavy atom. The van der Waals surface area contributed by atoms with Crippen molar-refractivity contribution in [2.75, 3.05) is 31.1 Å². The number of rotatable bonds is 9. The topological polar surface area (TPSA) is 131 Å². The molecule has 246 valence electrons. The van der Waals surface area contributed by atoms with Gasteiger partial charge in [-0.2, -0.15) is 4.90 Å². The van der Waals surface area contributed by atoms with Crippen LogP contribution in [-0.2, 0) is 20.6 Å². The highest BCUT2D eigenvalue weighted by Crippen LogP contribution is 2.41. The first-order chi connectivity index (χ1) is 21.0. The molecule has 4 atom stereocenters. The summed E-state index contributed by atoms with van der Waals surface area (Å²) in [6.07, 6.45) is -1.74. The molecule has 12 heteroatoms. The second-order valence-electron chi connectivity index (χ2n) is 13.8. The fourth-order valence-electron chi connectivity index (χ4n) is 5.45. The van der Waals surface area contributed by atoms with E-state index < -0.39 is 29.5 Å². The number of benzene rings is 1. The van der Waals surface area contributed by atoms with Crippen molar-refractivity contribution in [3.8, 4) is 0 Å². The number of aryl methyl sites for hydroxylation is 1. The average molecular weight is 645 g/mol. The number of carbonyl (C=O) groups excluding carboxylic acids is 2. The lowest BCUT2D eigenvalue weighted by molar-refractivity contribution is 0.0357. The number of anilines is 1. The molecule has 1 aliphatic heterocycles. The smallest absolute Gasteiger partial charge is 0.425 e. The Balaban J connectivity index is 1.44. The minimum Gasteiger partial charge on any atom is -0.465 e. The van der Waals surface area contributed by atoms with Crippen LogP contribution in [0.15, 0.2) is 36.4 Å². The Labute approximate surface area is 270 Å². The van der Waals surface area contributed by atoms with Crippen LogP contribution < -0.4 is 10.2 Å². The minimum atomic E-state index is -1.01. The molecule has 0 radical (unpaired) electrons. The predicted molar refractivity (Wildman–Crippen MR) is 171 cm³/mol. The van der Waals surface area contributed by atoms with Gasteiger partial charge in [0, 0.05) is 41.7 Å². The van der Waals surface area contributed by atoms with Gasteiger partial charge in [-0.05, 0) is 96.7 Å². The van der Waals surface area contributed by atoms with E-state index in [9.17, 15) is 19.5 Å². The van der Waals surface area contributed by atoms with Crippen LogP contribution in [0.5, 0.6) is 0 Å². The van der Waals surface area contributed by atoms with E-state index in [1.807, 2.05) is 31.2 Å². The molecule has 2 heterocycles. The van der Waals surface area contributed by atoms with E-state index in [1.165, 1.54) is 10.5 Å². The number of pyridine rings is 1. The number of hydrogen-bond acceptors (Lipinski definition) is 8. The van der Waals surface area contributed by atoms with Crippen molar-refractivity contribution in [3.63, 3.8) is 0 Å². The number of nitrogens with zero attached hydrogens (tertiary/aromatic N) is 3. The third kappa shape index (κ3) is 10.0. The van der Waals surface area contributed by atoms with Crippen molar-refractivity contribution < 1.29 is 33.7 Å². The van der Waals surface area contributed by atoms with E-state index in [0.717, 1.165) is 21.9 Å². The van der Waals surface area contributed by atoms with Gasteiger partial charge in [0.25, 0.3) is 0 Å². The van der Waals surface area contributed by atoms with Gasteiger partial charge in [0.05, 0.1) is 19.3 Å². The highest BCUT2D eigenvalue weighted by Gasteiger charge is 2.39. The number of nitrogens with one attached hydrogen (secondary N) is 1. The van der Waals surface area contributed by atoms with Gasteiger partial charge >= 0.3 is 18.3 Å². The molecule has 3 amide bonds. The number of amides is 3. The molecule has 2 N–H and O–H groups in total. The summed E-state index contributed by atoms with van der Waals surface area (Å²) in [5.41, 5.74) is 0.858. The van der Waals surface area contributed by atoms with Gasteiger partial charge in [-0.3, -0.25) is 0 Å². The summed E-state index contributed by atoms with van der Waals surface area (Å²) < 4.78 is 17.3. The minimum absolute atomic E-state index is 0.0712. The van der Waals surface area contributed by atoms with E-state index in [4.69, 9.17) is 25.8 Å². The fourth-order valence-corrected chi connectivity index (χ4v) is 5.65. The van der Waals surface area contributed by atoms with E-state index in [-0.39, 0.29) is 30.9 Å². The SMILES string of the molecule is Cc1cc(CC2CN(C(=O)O)CC2OCCN[C@@H]2C[C@H]2c2cccc(Cl)c2)nc(N(C(=O)OC(C)(C)C)C(=O)OC(C)(C)C)c1. The number of likely N-dealkylation sites (tertiary alicyclic amines) is 1. The van der Waals surface area contributed by atoms with Gasteiger partial charge in [0.1, 0.15) is 17.0 Å². The van der Waals surface area contributed by atoms with Crippen LogP contribution in [-0.4, -0.2) is 82.9 Å². The van der Waals surface area contributed by atoms with Crippen LogP contribution in [0.3, 0.4) is 0 Å². The monoisotopic (exact) mass is 644 g/mol. The first kappa shape index (κ1) is 34.5. The van der Waals surface area contributed by atoms with Crippen LogP contribution in [0.25, 0.3) is 0 Å². The van der Waals surface area contributed by atoms with Crippen LogP contribution in [0.1, 0.15) is 70.7 Å². The third-order valence-electron chi connectivity index (χ3n) is 7.42. The summed E-state index contributed by atoms with van der Waals surface area (Å²) in [7, 11) is 0. The van der Waals surface area contributed by atoms with E-state index in [2.05, 4.69) is 16.4 Å². The average Bonchev–Trinajstić information content (AvgIpc) is 3.55. The number of aromatic nitrogens is 1. The third-order valence-corrected chi connectivity index (χ3v) is 7.66. The Morgan fingerprint density at radius 2 is 1.71 bits per heavy atom. The molecule has 4 rings (SSSR count). The van der Waals surface area contributed by atoms with Gasteiger partial charge in [-0.25, -0.2) is 19.4 Å². The molecule has 0 spiro atoms. The van der Waals surface area contributed by atoms with Gasteiger partial charge < -0.3 is 29.5 Å². The highest BCUT2D eigenvalue weighted by atomic mass is 35.5. The maximum atomic E-state index is 13.2. The van der Waals surface area contributed by atoms with Crippen molar-refractivity contribution in [1.82, 2.24) is 15.2 Å². The molecular formula is C33H45ClN4O7. The van der Waals surface area contributed by atoms with Crippen molar-refractivity contribution >= 4 is 35.7 Å². The molecule has 11 nitrogen and oxygen atoms in total. The maximum absolute atomic E-state index is 13.2. The van der Waals surface area contributed by atoms with Crippen LogP contribution in [0.2, 0.25) is 5.02 Å². The van der Waals surface area contributed by atoms with E-state index in [0.29, 0.717) is 37.2 Å². The quantitative estimate of drug-likeness (QED) is 0.298. The molecule has 1 aliphatic carbocycles. The van der Waals surface area contributed by atoms with Gasteiger partial charge in [0.2, 0.25) is 0 Å². The van der Waals surface area contributed by atoms with E-state index >= 15 is 0 Å². The van der Waals surface area contributed by atoms with Crippen molar-refractivity contribution in [2.24, 2.45) is 5.92 Å². The van der Waals surface area contributed by atoms with Crippen LogP contribution >= 0.6 is 11.6 Å². The number of hydrogen-bond donors (Lipinski definition) is 2. The van der Waals surface area contributed by atoms with E-state index in [1.54, 1.807) is 47.6 Å². The molecule has 0 bridgehead atoms. The molecule has 1 aromatic heterocycles. The Bertz CT molecular complexity index is 1360. The Hall–Kier alpha value is -3.41. The van der Waals surface area contributed by atoms with Gasteiger partial charge in [-0.1, -0.05) is 23.7 Å². The molecule has 2 aliphatic rings. The van der Waals surface area contributed by atoms with Gasteiger partial charge in [-0.15, -0.1) is 0 Å². The Morgan fingerprint density at radius 3 is 2.31 bits per heavy atom. The lowest BCUT2D eigenvalue weighted by Crippen LogP contribution is -2.44. The molecule has 1 aromatic carbocycles. The molecule has 2 unspecified atom stereocenters. The molecule has 45 heavy (non-hydrogen) atoms. The number of halogens is 1. The lowest BCUT2D eigenvalue weighted by atomic mass is 9.98. The second-order valence-corrected chi connectivity index (χ2v) is 14.2. The maximum Gasteiger partial charge on any atom is 0.425 e. The van der Waals surface area contributed by atoms with Crippen molar-refractivity contribution in [1.29, 1.82) is 0 Å². The number of imide groups is 1. The van der Waals surface area contributed by atoms with Crippen molar-refractivity contribution in [2.45, 2.75) is 90.6 Å². The summed E-state index contributed by atoms with van der Waals surface area (Å²) in [6.45, 7) is 13.7. The molecule has 1 saturated carbocycles. The number of carboxylic acid groups (broad SMARTS) is 1. The van der Waals surface area contributed by atoms with Crippen LogP contribution in [0, 0.1) is 12.8 Å². The number of ether oxygens (including phenoxy) is 3. The van der Waals surface area contributed by atoms with Crippen LogP contribution in [0.4, 0.5) is 20.2 Å². The highest BCUT2D eigenvalue weighted by molar-refractivity contribution is 6.30. The lowest BCUT2D eigenvalue weighted by Gasteiger charge is -2.28. The molecular weight excluding hydrogens is 600 g/mol. The summed E-state index contributed by atoms with van der Waals surface area (Å²) >= 11 is 6.14. The Kier molecular flexibility index (Phi) is 10.7. The normalized spacial score (nSPS) is 21.4. The number of carbonyl (C=O) groups is 3. The zero-order valence-electron chi connectivity index (χ0n) is 27.1. The summed E-state index contributed by atoms with van der Waals surface area (Å²) in [5.74, 6) is 0.315. The molecule has 1 saturated heterocycles. The summed E-state index contributed by atoms with van der Waals surface area (Å²) in [5, 5.41) is 14.0. The predicted octanol–water partition coefficient (Wildman–Crippen LogP) is 6.40. The zero-order chi connectivity index (χ0) is 33.1. The molecule has 2 aromatic rings. The second kappa shape index (κ2) is 13.9. The summed E-state index contributed by atoms with van der Waals surface area (Å²) in [6, 6.07) is 11.7. The first-order valence-electron chi connectivity index (χ1n) is 15.3. The zero-order valence-corrected chi connectivity index (χ0v) is 27.9. The first-order valence-corrected chi connectivity index (χ1v) is 15.7. The fraction of sp³-hybridized carbons (Fsp3) is 0.576. The molecule has 2 fully saturated rings. The van der Waals surface area contributed by atoms with Gasteiger partial charge in [0.15, 0.2) is 0 Å². The summed E-state index contributed by atoms with van der Waals surface area (Å²) in [4.78, 5) is 45.1. The standard InChI is InChI=1S/C33H45ClN4O7/c1-20-13-24(36-28(14-20)38(30(41)44-32(2,3)4)31(42)45-33(5,6)7)16-22-18-37(29(39)40)19-27(22)43-12-11-35-26-17-25(26)21-9-8-10-23(34)15-21/h8-10,13-15,22,25-27,35H,11-12,16-19H2,1-7H3,(H,39,40)/t22?,25-,26+,27?/m0/s1. The van der Waals surface area contributed by atoms with Crippen molar-refractivity contribution in [3.05, 3.63) is 58.2 Å².